The fraction of sp³-hybridized carbons (Fsp3) is 0.438. The minimum absolute atomic E-state index is 0.0631. The summed E-state index contributed by atoms with van der Waals surface area (Å²) in [5.74, 6) is 0. The molecule has 0 bridgehead atoms. The van der Waals surface area contributed by atoms with Crippen LogP contribution in [-0.4, -0.2) is 20.4 Å². The minimum atomic E-state index is 0.0631. The molecule has 0 saturated heterocycles. The van der Waals surface area contributed by atoms with Crippen molar-refractivity contribution >= 4 is 31.9 Å². The molecule has 108 valence electrons. The minimum Gasteiger partial charge on any atom is -0.273 e. The van der Waals surface area contributed by atoms with Gasteiger partial charge in [-0.1, -0.05) is 61.7 Å². The van der Waals surface area contributed by atoms with Gasteiger partial charge in [0.25, 0.3) is 0 Å². The van der Waals surface area contributed by atoms with E-state index in [0.29, 0.717) is 0 Å². The van der Waals surface area contributed by atoms with E-state index in [1.807, 2.05) is 10.9 Å². The van der Waals surface area contributed by atoms with Crippen LogP contribution in [0.2, 0.25) is 0 Å². The molecule has 0 atom stereocenters. The number of benzene rings is 1. The van der Waals surface area contributed by atoms with Crippen molar-refractivity contribution in [2.75, 3.05) is 10.7 Å². The Morgan fingerprint density at radius 3 is 2.55 bits per heavy atom. The van der Waals surface area contributed by atoms with Gasteiger partial charge in [0.1, 0.15) is 0 Å². The maximum absolute atomic E-state index is 4.38. The molecular formula is C16H20Br2N2. The van der Waals surface area contributed by atoms with Gasteiger partial charge in [-0.3, -0.25) is 4.68 Å². The molecule has 0 fully saturated rings. The van der Waals surface area contributed by atoms with Crippen molar-refractivity contribution in [3.05, 3.63) is 53.3 Å². The normalized spacial score (nSPS) is 11.8. The Kier molecular flexibility index (Phi) is 5.44. The van der Waals surface area contributed by atoms with Crippen LogP contribution in [-0.2, 0) is 18.4 Å². The van der Waals surface area contributed by atoms with Gasteiger partial charge in [0.15, 0.2) is 0 Å². The van der Waals surface area contributed by atoms with E-state index >= 15 is 0 Å². The molecule has 0 aliphatic rings. The van der Waals surface area contributed by atoms with Crippen molar-refractivity contribution in [2.45, 2.75) is 32.2 Å². The molecule has 0 N–H and O–H groups in total. The van der Waals surface area contributed by atoms with Gasteiger partial charge < -0.3 is 0 Å². The van der Waals surface area contributed by atoms with E-state index in [9.17, 15) is 0 Å². The summed E-state index contributed by atoms with van der Waals surface area (Å²) < 4.78 is 1.98. The van der Waals surface area contributed by atoms with Crippen LogP contribution in [0.5, 0.6) is 0 Å². The van der Waals surface area contributed by atoms with Crippen LogP contribution in [0.15, 0.2) is 36.7 Å². The van der Waals surface area contributed by atoms with Gasteiger partial charge in [0.2, 0.25) is 0 Å². The molecule has 0 aliphatic carbocycles. The standard InChI is InChI=1S/C16H20Br2N2/c1-3-20-10-14(9-19-20)8-16(11-17,12-18)15-6-4-5-13(2)7-15/h4-7,9-10H,3,8,11-12H2,1-2H3. The zero-order chi connectivity index (χ0) is 14.6. The lowest BCUT2D eigenvalue weighted by Gasteiger charge is -2.30. The van der Waals surface area contributed by atoms with Gasteiger partial charge in [0.05, 0.1) is 6.20 Å². The second-order valence-corrected chi connectivity index (χ2v) is 6.42. The van der Waals surface area contributed by atoms with Gasteiger partial charge in [-0.2, -0.15) is 5.10 Å². The number of aromatic nitrogens is 2. The highest BCUT2D eigenvalue weighted by atomic mass is 79.9. The average Bonchev–Trinajstić information content (AvgIpc) is 2.92. The van der Waals surface area contributed by atoms with Crippen LogP contribution in [0.4, 0.5) is 0 Å². The van der Waals surface area contributed by atoms with E-state index < -0.39 is 0 Å². The van der Waals surface area contributed by atoms with Crippen LogP contribution in [0.1, 0.15) is 23.6 Å². The highest BCUT2D eigenvalue weighted by Crippen LogP contribution is 2.33. The monoisotopic (exact) mass is 398 g/mol. The van der Waals surface area contributed by atoms with Crippen molar-refractivity contribution in [2.24, 2.45) is 0 Å². The third-order valence-electron chi connectivity index (χ3n) is 3.70. The third-order valence-corrected chi connectivity index (χ3v) is 5.84. The first kappa shape index (κ1) is 15.8. The van der Waals surface area contributed by atoms with Crippen molar-refractivity contribution < 1.29 is 0 Å². The molecule has 0 aliphatic heterocycles. The second kappa shape index (κ2) is 6.90. The lowest BCUT2D eigenvalue weighted by atomic mass is 9.79. The molecule has 4 heteroatoms. The predicted octanol–water partition coefficient (Wildman–Crippen LogP) is 4.48. The Bertz CT molecular complexity index is 559. The van der Waals surface area contributed by atoms with E-state index in [1.54, 1.807) is 0 Å². The molecule has 0 saturated carbocycles. The molecule has 2 rings (SSSR count). The lowest BCUT2D eigenvalue weighted by Crippen LogP contribution is -2.33. The molecule has 1 aromatic heterocycles. The fourth-order valence-electron chi connectivity index (χ4n) is 2.42. The summed E-state index contributed by atoms with van der Waals surface area (Å²) in [7, 11) is 0. The van der Waals surface area contributed by atoms with Crippen molar-refractivity contribution in [3.63, 3.8) is 0 Å². The molecule has 1 aromatic carbocycles. The summed E-state index contributed by atoms with van der Waals surface area (Å²) in [5, 5.41) is 6.23. The quantitative estimate of drug-likeness (QED) is 0.654. The molecule has 0 amide bonds. The fourth-order valence-corrected chi connectivity index (χ4v) is 4.40. The van der Waals surface area contributed by atoms with Gasteiger partial charge in [-0.15, -0.1) is 0 Å². The number of aryl methyl sites for hydroxylation is 2. The van der Waals surface area contributed by atoms with Crippen molar-refractivity contribution in [1.82, 2.24) is 9.78 Å². The van der Waals surface area contributed by atoms with Gasteiger partial charge in [0, 0.05) is 28.8 Å². The van der Waals surface area contributed by atoms with Gasteiger partial charge in [-0.25, -0.2) is 0 Å². The van der Waals surface area contributed by atoms with Crippen molar-refractivity contribution in [1.29, 1.82) is 0 Å². The summed E-state index contributed by atoms with van der Waals surface area (Å²) in [6, 6.07) is 8.79. The first-order valence-electron chi connectivity index (χ1n) is 6.84. The molecule has 2 nitrogen and oxygen atoms in total. The summed E-state index contributed by atoms with van der Waals surface area (Å²) in [4.78, 5) is 0. The van der Waals surface area contributed by atoms with E-state index in [0.717, 1.165) is 23.6 Å². The summed E-state index contributed by atoms with van der Waals surface area (Å²) in [5.41, 5.74) is 4.02. The number of hydrogen-bond acceptors (Lipinski definition) is 1. The molecule has 0 spiro atoms. The maximum atomic E-state index is 4.38. The van der Waals surface area contributed by atoms with E-state index in [1.165, 1.54) is 16.7 Å². The molecule has 0 radical (unpaired) electrons. The number of nitrogens with zero attached hydrogens (tertiary/aromatic N) is 2. The van der Waals surface area contributed by atoms with E-state index in [2.05, 4.69) is 81.3 Å². The SMILES string of the molecule is CCn1cc(CC(CBr)(CBr)c2cccc(C)c2)cn1. The first-order chi connectivity index (χ1) is 9.63. The van der Waals surface area contributed by atoms with Crippen LogP contribution in [0, 0.1) is 6.92 Å². The van der Waals surface area contributed by atoms with Gasteiger partial charge >= 0.3 is 0 Å². The zero-order valence-corrected chi connectivity index (χ0v) is 15.1. The summed E-state index contributed by atoms with van der Waals surface area (Å²) in [6.45, 7) is 5.17. The molecule has 2 aromatic rings. The smallest absolute Gasteiger partial charge is 0.0522 e. The Morgan fingerprint density at radius 2 is 2.00 bits per heavy atom. The topological polar surface area (TPSA) is 17.8 Å². The van der Waals surface area contributed by atoms with Crippen LogP contribution in [0.3, 0.4) is 0 Å². The second-order valence-electron chi connectivity index (χ2n) is 5.30. The number of hydrogen-bond donors (Lipinski definition) is 0. The highest BCUT2D eigenvalue weighted by molar-refractivity contribution is 9.09. The van der Waals surface area contributed by atoms with Gasteiger partial charge in [-0.05, 0) is 31.4 Å². The number of rotatable bonds is 6. The maximum Gasteiger partial charge on any atom is 0.0522 e. The third kappa shape index (κ3) is 3.34. The molecule has 1 heterocycles. The Hall–Kier alpha value is -0.610. The Balaban J connectivity index is 2.33. The summed E-state index contributed by atoms with van der Waals surface area (Å²) in [6.07, 6.45) is 5.11. The molecule has 20 heavy (non-hydrogen) atoms. The van der Waals surface area contributed by atoms with E-state index in [4.69, 9.17) is 0 Å². The van der Waals surface area contributed by atoms with Crippen LogP contribution >= 0.6 is 31.9 Å². The average molecular weight is 400 g/mol. The largest absolute Gasteiger partial charge is 0.273 e. The van der Waals surface area contributed by atoms with Crippen LogP contribution in [0.25, 0.3) is 0 Å². The highest BCUT2D eigenvalue weighted by Gasteiger charge is 2.31. The number of alkyl halides is 2. The summed E-state index contributed by atoms with van der Waals surface area (Å²) >= 11 is 7.44. The predicted molar refractivity (Wildman–Crippen MR) is 92.1 cm³/mol. The molecule has 0 unspecified atom stereocenters. The number of halogens is 2. The Morgan fingerprint density at radius 1 is 1.25 bits per heavy atom. The lowest BCUT2D eigenvalue weighted by molar-refractivity contribution is 0.550. The van der Waals surface area contributed by atoms with E-state index in [-0.39, 0.29) is 5.41 Å². The molecular weight excluding hydrogens is 380 g/mol. The first-order valence-corrected chi connectivity index (χ1v) is 9.08. The Labute approximate surface area is 137 Å². The van der Waals surface area contributed by atoms with Crippen molar-refractivity contribution in [3.8, 4) is 0 Å². The zero-order valence-electron chi connectivity index (χ0n) is 11.9. The van der Waals surface area contributed by atoms with Crippen LogP contribution < -0.4 is 0 Å².